The third-order valence-electron chi connectivity index (χ3n) is 3.10. The fourth-order valence-corrected chi connectivity index (χ4v) is 2.53. The molecule has 7 heteroatoms. The lowest BCUT2D eigenvalue weighted by Gasteiger charge is -2.08. The second-order valence-corrected chi connectivity index (χ2v) is 5.06. The van der Waals surface area contributed by atoms with Crippen LogP contribution in [0, 0.1) is 17.0 Å². The van der Waals surface area contributed by atoms with E-state index in [0.29, 0.717) is 15.9 Å². The molecule has 0 saturated heterocycles. The molecule has 0 N–H and O–H groups in total. The van der Waals surface area contributed by atoms with Gasteiger partial charge in [0, 0.05) is 5.56 Å². The highest BCUT2D eigenvalue weighted by molar-refractivity contribution is 9.10. The summed E-state index contributed by atoms with van der Waals surface area (Å²) >= 11 is 3.39. The first kappa shape index (κ1) is 12.7. The number of halogens is 1. The first-order chi connectivity index (χ1) is 9.59. The van der Waals surface area contributed by atoms with Crippen LogP contribution in [-0.4, -0.2) is 19.5 Å². The van der Waals surface area contributed by atoms with Crippen LogP contribution in [0.25, 0.3) is 16.9 Å². The Morgan fingerprint density at radius 3 is 2.80 bits per heavy atom. The van der Waals surface area contributed by atoms with Crippen molar-refractivity contribution in [3.05, 3.63) is 56.9 Å². The summed E-state index contributed by atoms with van der Waals surface area (Å²) in [5.41, 5.74) is 2.27. The van der Waals surface area contributed by atoms with Crippen LogP contribution >= 0.6 is 15.9 Å². The summed E-state index contributed by atoms with van der Waals surface area (Å²) in [6.07, 6.45) is 2.92. The molecule has 2 heterocycles. The topological polar surface area (TPSA) is 73.8 Å². The lowest BCUT2D eigenvalue weighted by molar-refractivity contribution is -0.385. The zero-order valence-electron chi connectivity index (χ0n) is 10.4. The highest BCUT2D eigenvalue weighted by Gasteiger charge is 2.19. The number of hydrogen-bond acceptors (Lipinski definition) is 4. The third kappa shape index (κ3) is 1.87. The van der Waals surface area contributed by atoms with Crippen LogP contribution in [0.2, 0.25) is 0 Å². The number of nitrogens with zero attached hydrogens (tertiary/aromatic N) is 4. The third-order valence-corrected chi connectivity index (χ3v) is 4.05. The van der Waals surface area contributed by atoms with Crippen molar-refractivity contribution in [1.82, 2.24) is 14.5 Å². The Balaban J connectivity index is 2.25. The SMILES string of the molecule is Cc1c([N+](=O)[O-])cnc(-n2cnc3ccccc32)c1Br. The van der Waals surface area contributed by atoms with Gasteiger partial charge in [0.05, 0.1) is 20.4 Å². The quantitative estimate of drug-likeness (QED) is 0.532. The average Bonchev–Trinajstić information content (AvgIpc) is 2.85. The first-order valence-corrected chi connectivity index (χ1v) is 6.61. The molecule has 0 spiro atoms. The lowest BCUT2D eigenvalue weighted by atomic mass is 10.2. The molecule has 0 unspecified atom stereocenters. The molecule has 3 aromatic rings. The second kappa shape index (κ2) is 4.68. The largest absolute Gasteiger partial charge is 0.291 e. The van der Waals surface area contributed by atoms with E-state index in [4.69, 9.17) is 0 Å². The number of benzene rings is 1. The maximum atomic E-state index is 10.9. The van der Waals surface area contributed by atoms with Gasteiger partial charge in [-0.1, -0.05) is 12.1 Å². The molecule has 20 heavy (non-hydrogen) atoms. The normalized spacial score (nSPS) is 10.9. The van der Waals surface area contributed by atoms with Gasteiger partial charge >= 0.3 is 0 Å². The first-order valence-electron chi connectivity index (χ1n) is 5.81. The van der Waals surface area contributed by atoms with Crippen molar-refractivity contribution >= 4 is 32.7 Å². The number of hydrogen-bond donors (Lipinski definition) is 0. The van der Waals surface area contributed by atoms with E-state index in [9.17, 15) is 10.1 Å². The minimum Gasteiger partial charge on any atom is -0.282 e. The summed E-state index contributed by atoms with van der Waals surface area (Å²) < 4.78 is 2.39. The summed E-state index contributed by atoms with van der Waals surface area (Å²) in [7, 11) is 0. The van der Waals surface area contributed by atoms with Gasteiger partial charge in [-0.15, -0.1) is 0 Å². The highest BCUT2D eigenvalue weighted by Crippen LogP contribution is 2.31. The summed E-state index contributed by atoms with van der Waals surface area (Å²) in [6, 6.07) is 7.64. The summed E-state index contributed by atoms with van der Waals surface area (Å²) in [5.74, 6) is 0.585. The zero-order valence-corrected chi connectivity index (χ0v) is 12.0. The van der Waals surface area contributed by atoms with Crippen LogP contribution in [0.1, 0.15) is 5.56 Å². The van der Waals surface area contributed by atoms with Gasteiger partial charge in [-0.3, -0.25) is 14.7 Å². The zero-order chi connectivity index (χ0) is 14.3. The van der Waals surface area contributed by atoms with E-state index in [1.54, 1.807) is 17.8 Å². The molecule has 0 saturated carbocycles. The fraction of sp³-hybridized carbons (Fsp3) is 0.0769. The predicted molar refractivity (Wildman–Crippen MR) is 78.0 cm³/mol. The Kier molecular flexibility index (Phi) is 2.98. The average molecular weight is 333 g/mol. The number of fused-ring (bicyclic) bond motifs is 1. The van der Waals surface area contributed by atoms with Crippen molar-refractivity contribution in [3.8, 4) is 5.82 Å². The van der Waals surface area contributed by atoms with E-state index in [1.165, 1.54) is 6.20 Å². The van der Waals surface area contributed by atoms with Gasteiger partial charge in [-0.05, 0) is 35.0 Å². The summed E-state index contributed by atoms with van der Waals surface area (Å²) in [6.45, 7) is 1.69. The van der Waals surface area contributed by atoms with E-state index in [-0.39, 0.29) is 5.69 Å². The molecular formula is C13H9BrN4O2. The minimum absolute atomic E-state index is 0.00922. The molecule has 0 aliphatic carbocycles. The van der Waals surface area contributed by atoms with Crippen LogP contribution in [0.5, 0.6) is 0 Å². The molecule has 0 bridgehead atoms. The fourth-order valence-electron chi connectivity index (χ4n) is 2.04. The minimum atomic E-state index is -0.442. The molecule has 0 aliphatic heterocycles. The van der Waals surface area contributed by atoms with Crippen molar-refractivity contribution < 1.29 is 4.92 Å². The van der Waals surface area contributed by atoms with Crippen molar-refractivity contribution in [2.24, 2.45) is 0 Å². The molecule has 3 rings (SSSR count). The molecule has 6 nitrogen and oxygen atoms in total. The van der Waals surface area contributed by atoms with E-state index >= 15 is 0 Å². The van der Waals surface area contributed by atoms with E-state index < -0.39 is 4.92 Å². The van der Waals surface area contributed by atoms with Gasteiger partial charge in [0.25, 0.3) is 5.69 Å². The van der Waals surface area contributed by atoms with E-state index in [0.717, 1.165) is 11.0 Å². The van der Waals surface area contributed by atoms with E-state index in [1.807, 2.05) is 24.3 Å². The Bertz CT molecular complexity index is 828. The molecule has 0 amide bonds. The molecule has 0 atom stereocenters. The van der Waals surface area contributed by atoms with Crippen LogP contribution in [0.4, 0.5) is 5.69 Å². The molecule has 0 radical (unpaired) electrons. The molecule has 0 aliphatic rings. The molecular weight excluding hydrogens is 324 g/mol. The van der Waals surface area contributed by atoms with Gasteiger partial charge in [-0.25, -0.2) is 9.97 Å². The number of nitro groups is 1. The van der Waals surface area contributed by atoms with E-state index in [2.05, 4.69) is 25.9 Å². The second-order valence-electron chi connectivity index (χ2n) is 4.27. The Hall–Kier alpha value is -2.28. The summed E-state index contributed by atoms with van der Waals surface area (Å²) in [5, 5.41) is 10.9. The maximum absolute atomic E-state index is 10.9. The van der Waals surface area contributed by atoms with Crippen molar-refractivity contribution in [1.29, 1.82) is 0 Å². The van der Waals surface area contributed by atoms with Crippen molar-refractivity contribution in [2.75, 3.05) is 0 Å². The monoisotopic (exact) mass is 332 g/mol. The number of aromatic nitrogens is 3. The molecule has 100 valence electrons. The predicted octanol–water partition coefficient (Wildman–Crippen LogP) is 3.40. The Morgan fingerprint density at radius 2 is 2.05 bits per heavy atom. The Morgan fingerprint density at radius 1 is 1.30 bits per heavy atom. The van der Waals surface area contributed by atoms with Crippen LogP contribution in [-0.2, 0) is 0 Å². The van der Waals surface area contributed by atoms with Crippen molar-refractivity contribution in [3.63, 3.8) is 0 Å². The molecule has 1 aromatic carbocycles. The van der Waals surface area contributed by atoms with Gasteiger partial charge in [0.2, 0.25) is 0 Å². The number of para-hydroxylation sites is 2. The number of imidazole rings is 1. The van der Waals surface area contributed by atoms with Gasteiger partial charge < -0.3 is 0 Å². The lowest BCUT2D eigenvalue weighted by Crippen LogP contribution is -2.02. The smallest absolute Gasteiger partial charge is 0.282 e. The standard InChI is InChI=1S/C13H9BrN4O2/c1-8-11(18(19)20)6-15-13(12(8)14)17-7-16-9-4-2-3-5-10(9)17/h2-7H,1H3. The Labute approximate surface area is 122 Å². The molecule has 2 aromatic heterocycles. The van der Waals surface area contributed by atoms with Gasteiger partial charge in [0.1, 0.15) is 12.5 Å². The van der Waals surface area contributed by atoms with Crippen LogP contribution in [0.3, 0.4) is 0 Å². The van der Waals surface area contributed by atoms with Crippen LogP contribution in [0.15, 0.2) is 41.3 Å². The highest BCUT2D eigenvalue weighted by atomic mass is 79.9. The van der Waals surface area contributed by atoms with Crippen LogP contribution < -0.4 is 0 Å². The van der Waals surface area contributed by atoms with Crippen molar-refractivity contribution in [2.45, 2.75) is 6.92 Å². The van der Waals surface area contributed by atoms with Gasteiger partial charge in [-0.2, -0.15) is 0 Å². The molecule has 0 fully saturated rings. The maximum Gasteiger partial charge on any atom is 0.291 e. The number of pyridine rings is 1. The van der Waals surface area contributed by atoms with Gasteiger partial charge in [0.15, 0.2) is 5.82 Å². The number of rotatable bonds is 2. The summed E-state index contributed by atoms with van der Waals surface area (Å²) in [4.78, 5) is 18.9.